The van der Waals surface area contributed by atoms with Gasteiger partial charge in [-0.3, -0.25) is 19.3 Å². The van der Waals surface area contributed by atoms with E-state index >= 15 is 0 Å². The molecule has 1 aliphatic rings. The van der Waals surface area contributed by atoms with Crippen molar-refractivity contribution < 1.29 is 4.79 Å². The lowest BCUT2D eigenvalue weighted by atomic mass is 10.2. The normalized spacial score (nSPS) is 13.4. The molecule has 0 fully saturated rings. The number of aromatic nitrogens is 6. The molecule has 5 aromatic heterocycles. The lowest BCUT2D eigenvalue weighted by Gasteiger charge is -2.07. The molecule has 0 radical (unpaired) electrons. The number of hydrogen-bond donors (Lipinski definition) is 3. The third-order valence-corrected chi connectivity index (χ3v) is 7.02. The Morgan fingerprint density at radius 3 is 3.09 bits per heavy atom. The van der Waals surface area contributed by atoms with Crippen LogP contribution in [0.25, 0.3) is 37.2 Å². The van der Waals surface area contributed by atoms with Gasteiger partial charge in [0, 0.05) is 24.0 Å². The second kappa shape index (κ2) is 7.78. The van der Waals surface area contributed by atoms with Gasteiger partial charge in [0.25, 0.3) is 5.56 Å². The first-order valence-corrected chi connectivity index (χ1v) is 11.8. The number of thiazole rings is 1. The highest BCUT2D eigenvalue weighted by Gasteiger charge is 2.22. The van der Waals surface area contributed by atoms with Gasteiger partial charge in [-0.25, -0.2) is 4.52 Å². The third kappa shape index (κ3) is 3.31. The van der Waals surface area contributed by atoms with Crippen molar-refractivity contribution in [2.45, 2.75) is 32.7 Å². The van der Waals surface area contributed by atoms with Crippen molar-refractivity contribution in [2.24, 2.45) is 0 Å². The zero-order valence-electron chi connectivity index (χ0n) is 18.0. The van der Waals surface area contributed by atoms with E-state index in [4.69, 9.17) is 0 Å². The second-order valence-electron chi connectivity index (χ2n) is 8.20. The molecule has 0 atom stereocenters. The Morgan fingerprint density at radius 2 is 2.21 bits per heavy atom. The van der Waals surface area contributed by atoms with Gasteiger partial charge in [0.15, 0.2) is 0 Å². The Bertz CT molecular complexity index is 1590. The Hall–Kier alpha value is -3.57. The minimum absolute atomic E-state index is 0.158. The first-order chi connectivity index (χ1) is 16.1. The van der Waals surface area contributed by atoms with Crippen molar-refractivity contribution in [3.8, 4) is 10.4 Å². The molecule has 0 unspecified atom stereocenters. The van der Waals surface area contributed by atoms with E-state index in [1.165, 1.54) is 17.0 Å². The smallest absolute Gasteiger partial charge is 0.261 e. The van der Waals surface area contributed by atoms with Crippen LogP contribution in [-0.4, -0.2) is 48.4 Å². The van der Waals surface area contributed by atoms with Gasteiger partial charge in [0.1, 0.15) is 21.3 Å². The monoisotopic (exact) mass is 462 g/mol. The van der Waals surface area contributed by atoms with E-state index in [9.17, 15) is 9.59 Å². The number of nitrogens with one attached hydrogen (secondary N) is 3. The van der Waals surface area contributed by atoms with Crippen LogP contribution in [0.2, 0.25) is 0 Å². The van der Waals surface area contributed by atoms with Crippen LogP contribution in [0.5, 0.6) is 0 Å². The second-order valence-corrected chi connectivity index (χ2v) is 9.23. The first kappa shape index (κ1) is 20.1. The topological polar surface area (TPSA) is 122 Å². The van der Waals surface area contributed by atoms with Crippen molar-refractivity contribution in [3.63, 3.8) is 0 Å². The quantitative estimate of drug-likeness (QED) is 0.333. The molecule has 5 aromatic rings. The lowest BCUT2D eigenvalue weighted by Crippen LogP contribution is -2.28. The van der Waals surface area contributed by atoms with E-state index in [2.05, 4.69) is 35.5 Å². The van der Waals surface area contributed by atoms with E-state index in [-0.39, 0.29) is 18.0 Å². The van der Waals surface area contributed by atoms with Gasteiger partial charge >= 0.3 is 0 Å². The average Bonchev–Trinajstić information content (AvgIpc) is 3.54. The summed E-state index contributed by atoms with van der Waals surface area (Å²) < 4.78 is 3.81. The summed E-state index contributed by atoms with van der Waals surface area (Å²) in [5.41, 5.74) is 4.33. The van der Waals surface area contributed by atoms with Crippen LogP contribution in [0, 0.1) is 0 Å². The molecule has 11 heteroatoms. The van der Waals surface area contributed by atoms with Gasteiger partial charge in [0.05, 0.1) is 35.0 Å². The highest BCUT2D eigenvalue weighted by atomic mass is 32.1. The van der Waals surface area contributed by atoms with Gasteiger partial charge in [-0.1, -0.05) is 6.92 Å². The van der Waals surface area contributed by atoms with Crippen LogP contribution in [0.3, 0.4) is 0 Å². The maximum Gasteiger partial charge on any atom is 0.261 e. The van der Waals surface area contributed by atoms with E-state index in [0.717, 1.165) is 47.6 Å². The standard InChI is InChI=1S/C22H22N8O2S/c1-2-5-23-10-17(31)26-12-7-14-19(24-8-12)20-18(21(32)27-14)22-30(28-20)11-16(33-22)13-9-25-29-6-3-4-15(13)29/h7-9,11,23H,2-6,10H2,1H3,(H,26,31)(H,27,32). The maximum absolute atomic E-state index is 13.0. The summed E-state index contributed by atoms with van der Waals surface area (Å²) in [6.07, 6.45) is 8.52. The molecular weight excluding hydrogens is 440 g/mol. The molecule has 0 aliphatic carbocycles. The molecular formula is C22H22N8O2S. The molecule has 0 saturated carbocycles. The number of H-pyrrole nitrogens is 1. The minimum Gasteiger partial charge on any atom is -0.324 e. The van der Waals surface area contributed by atoms with Gasteiger partial charge in [-0.05, 0) is 31.9 Å². The van der Waals surface area contributed by atoms with Crippen molar-refractivity contribution in [1.82, 2.24) is 34.7 Å². The van der Waals surface area contributed by atoms with E-state index in [1.807, 2.05) is 19.3 Å². The molecule has 6 heterocycles. The van der Waals surface area contributed by atoms with Crippen LogP contribution in [0.15, 0.2) is 29.5 Å². The molecule has 6 rings (SSSR count). The third-order valence-electron chi connectivity index (χ3n) is 5.89. The maximum atomic E-state index is 13.0. The van der Waals surface area contributed by atoms with E-state index in [1.54, 1.807) is 16.8 Å². The lowest BCUT2D eigenvalue weighted by molar-refractivity contribution is -0.115. The zero-order chi connectivity index (χ0) is 22.5. The Balaban J connectivity index is 1.38. The Kier molecular flexibility index (Phi) is 4.73. The fourth-order valence-corrected chi connectivity index (χ4v) is 5.52. The number of anilines is 1. The van der Waals surface area contributed by atoms with Gasteiger partial charge in [-0.15, -0.1) is 11.3 Å². The first-order valence-electron chi connectivity index (χ1n) is 11.0. The number of hydrogen-bond acceptors (Lipinski definition) is 7. The van der Waals surface area contributed by atoms with Crippen molar-refractivity contribution in [3.05, 3.63) is 40.7 Å². The van der Waals surface area contributed by atoms with Gasteiger partial charge in [-0.2, -0.15) is 10.2 Å². The van der Waals surface area contributed by atoms with Gasteiger partial charge in [0.2, 0.25) is 5.91 Å². The van der Waals surface area contributed by atoms with E-state index in [0.29, 0.717) is 27.6 Å². The molecule has 0 saturated heterocycles. The molecule has 168 valence electrons. The number of aromatic amines is 1. The molecule has 0 spiro atoms. The molecule has 1 amide bonds. The number of amides is 1. The van der Waals surface area contributed by atoms with Crippen LogP contribution in [0.4, 0.5) is 5.69 Å². The Labute approximate surface area is 191 Å². The summed E-state index contributed by atoms with van der Waals surface area (Å²) in [5.74, 6) is -0.158. The number of carbonyl (C=O) groups is 1. The summed E-state index contributed by atoms with van der Waals surface area (Å²) in [5, 5.41) is 15.6. The fourth-order valence-electron chi connectivity index (χ4n) is 4.40. The minimum atomic E-state index is -0.226. The van der Waals surface area contributed by atoms with Crippen molar-refractivity contribution >= 4 is 49.7 Å². The number of rotatable bonds is 6. The molecule has 1 aliphatic heterocycles. The van der Waals surface area contributed by atoms with Crippen molar-refractivity contribution in [2.75, 3.05) is 18.4 Å². The molecule has 0 bridgehead atoms. The van der Waals surface area contributed by atoms with Crippen LogP contribution >= 0.6 is 11.3 Å². The van der Waals surface area contributed by atoms with Gasteiger partial charge < -0.3 is 15.6 Å². The SMILES string of the molecule is CCCNCC(=O)Nc1cnc2c(c1)[nH]c(=O)c1c2nn2cc(-c3cnn4c3CCC4)sc12. The number of fused-ring (bicyclic) bond motifs is 6. The summed E-state index contributed by atoms with van der Waals surface area (Å²) in [6, 6.07) is 1.72. The number of aryl methyl sites for hydroxylation is 1. The highest BCUT2D eigenvalue weighted by Crippen LogP contribution is 2.36. The summed E-state index contributed by atoms with van der Waals surface area (Å²) in [6.45, 7) is 4.00. The zero-order valence-corrected chi connectivity index (χ0v) is 18.8. The summed E-state index contributed by atoms with van der Waals surface area (Å²) in [4.78, 5) is 34.4. The molecule has 0 aromatic carbocycles. The predicted molar refractivity (Wildman–Crippen MR) is 128 cm³/mol. The number of carbonyl (C=O) groups excluding carboxylic acids is 1. The molecule has 10 nitrogen and oxygen atoms in total. The average molecular weight is 463 g/mol. The van der Waals surface area contributed by atoms with E-state index < -0.39 is 0 Å². The fraction of sp³-hybridized carbons (Fsp3) is 0.318. The molecule has 33 heavy (non-hydrogen) atoms. The summed E-state index contributed by atoms with van der Waals surface area (Å²) >= 11 is 1.54. The van der Waals surface area contributed by atoms with Crippen LogP contribution in [0.1, 0.15) is 25.5 Å². The Morgan fingerprint density at radius 1 is 1.30 bits per heavy atom. The van der Waals surface area contributed by atoms with Crippen LogP contribution < -0.4 is 16.2 Å². The van der Waals surface area contributed by atoms with Crippen LogP contribution in [-0.2, 0) is 17.8 Å². The number of pyridine rings is 2. The molecule has 3 N–H and O–H groups in total. The highest BCUT2D eigenvalue weighted by molar-refractivity contribution is 7.21. The largest absolute Gasteiger partial charge is 0.324 e. The summed E-state index contributed by atoms with van der Waals surface area (Å²) in [7, 11) is 0. The predicted octanol–water partition coefficient (Wildman–Crippen LogP) is 2.53. The van der Waals surface area contributed by atoms with Crippen molar-refractivity contribution in [1.29, 1.82) is 0 Å². The number of nitrogens with zero attached hydrogens (tertiary/aromatic N) is 5.